The molecule has 6 nitrogen and oxygen atoms in total. The van der Waals surface area contributed by atoms with E-state index in [1.54, 1.807) is 6.07 Å². The number of aromatic nitrogens is 2. The summed E-state index contributed by atoms with van der Waals surface area (Å²) in [6.45, 7) is 1.09. The van der Waals surface area contributed by atoms with Crippen molar-refractivity contribution >= 4 is 11.7 Å². The Morgan fingerprint density at radius 1 is 1.16 bits per heavy atom. The number of nitrogens with one attached hydrogen (secondary N) is 1. The van der Waals surface area contributed by atoms with Crippen LogP contribution in [0.25, 0.3) is 0 Å². The van der Waals surface area contributed by atoms with Gasteiger partial charge in [-0.3, -0.25) is 4.79 Å². The van der Waals surface area contributed by atoms with E-state index >= 15 is 0 Å². The Bertz CT molecular complexity index is 528. The number of para-hydroxylation sites is 1. The number of benzene rings is 1. The molecule has 19 heavy (non-hydrogen) atoms. The van der Waals surface area contributed by atoms with E-state index in [-0.39, 0.29) is 5.69 Å². The molecule has 0 radical (unpaired) electrons. The van der Waals surface area contributed by atoms with Crippen molar-refractivity contribution in [1.82, 2.24) is 10.2 Å². The molecular formula is C13H14N4O2. The van der Waals surface area contributed by atoms with Crippen molar-refractivity contribution in [2.75, 3.05) is 18.5 Å². The second kappa shape index (κ2) is 6.34. The molecule has 1 aromatic heterocycles. The average molecular weight is 258 g/mol. The predicted molar refractivity (Wildman–Crippen MR) is 71.0 cm³/mol. The van der Waals surface area contributed by atoms with Crippen LogP contribution in [0.2, 0.25) is 0 Å². The number of rotatable bonds is 6. The van der Waals surface area contributed by atoms with Gasteiger partial charge in [-0.1, -0.05) is 18.2 Å². The van der Waals surface area contributed by atoms with E-state index in [2.05, 4.69) is 15.5 Å². The fourth-order valence-corrected chi connectivity index (χ4v) is 1.42. The molecule has 1 heterocycles. The second-order valence-corrected chi connectivity index (χ2v) is 3.76. The van der Waals surface area contributed by atoms with Crippen molar-refractivity contribution in [3.63, 3.8) is 0 Å². The summed E-state index contributed by atoms with van der Waals surface area (Å²) in [5.74, 6) is 0.799. The van der Waals surface area contributed by atoms with E-state index < -0.39 is 5.91 Å². The molecule has 0 saturated carbocycles. The number of ether oxygens (including phenoxy) is 1. The van der Waals surface area contributed by atoms with Crippen LogP contribution in [0.1, 0.15) is 10.5 Å². The fourth-order valence-electron chi connectivity index (χ4n) is 1.42. The molecule has 1 amide bonds. The van der Waals surface area contributed by atoms with Gasteiger partial charge in [-0.2, -0.15) is 0 Å². The van der Waals surface area contributed by atoms with Gasteiger partial charge in [0.05, 0.1) is 6.54 Å². The molecule has 2 aromatic rings. The van der Waals surface area contributed by atoms with Gasteiger partial charge in [0.2, 0.25) is 0 Å². The third kappa shape index (κ3) is 3.95. The first kappa shape index (κ1) is 12.8. The Labute approximate surface area is 110 Å². The van der Waals surface area contributed by atoms with Gasteiger partial charge in [0.15, 0.2) is 5.69 Å². The molecule has 98 valence electrons. The van der Waals surface area contributed by atoms with Gasteiger partial charge in [0, 0.05) is 0 Å². The van der Waals surface area contributed by atoms with Gasteiger partial charge < -0.3 is 15.8 Å². The molecule has 0 spiro atoms. The van der Waals surface area contributed by atoms with Crippen LogP contribution < -0.4 is 15.8 Å². The number of nitrogens with two attached hydrogens (primary N) is 1. The molecule has 0 unspecified atom stereocenters. The number of amides is 1. The minimum Gasteiger partial charge on any atom is -0.492 e. The average Bonchev–Trinajstić information content (AvgIpc) is 2.45. The van der Waals surface area contributed by atoms with Crippen molar-refractivity contribution in [1.29, 1.82) is 0 Å². The van der Waals surface area contributed by atoms with Gasteiger partial charge in [-0.25, -0.2) is 0 Å². The van der Waals surface area contributed by atoms with Crippen LogP contribution in [0.15, 0.2) is 42.5 Å². The summed E-state index contributed by atoms with van der Waals surface area (Å²) in [5, 5.41) is 10.5. The summed E-state index contributed by atoms with van der Waals surface area (Å²) in [5.41, 5.74) is 5.21. The highest BCUT2D eigenvalue weighted by Crippen LogP contribution is 2.08. The first-order valence-corrected chi connectivity index (χ1v) is 5.81. The number of carbonyl (C=O) groups is 1. The third-order valence-corrected chi connectivity index (χ3v) is 2.34. The summed E-state index contributed by atoms with van der Waals surface area (Å²) < 4.78 is 5.50. The van der Waals surface area contributed by atoms with Gasteiger partial charge >= 0.3 is 0 Å². The Morgan fingerprint density at radius 3 is 2.58 bits per heavy atom. The Balaban J connectivity index is 1.75. The van der Waals surface area contributed by atoms with Crippen LogP contribution in [0.3, 0.4) is 0 Å². The number of hydrogen-bond acceptors (Lipinski definition) is 5. The van der Waals surface area contributed by atoms with Gasteiger partial charge in [-0.15, -0.1) is 10.2 Å². The highest BCUT2D eigenvalue weighted by atomic mass is 16.5. The first-order chi connectivity index (χ1) is 9.25. The minimum atomic E-state index is -0.591. The molecule has 0 bridgehead atoms. The van der Waals surface area contributed by atoms with E-state index in [4.69, 9.17) is 10.5 Å². The highest BCUT2D eigenvalue weighted by Gasteiger charge is 2.02. The number of carbonyl (C=O) groups excluding carboxylic acids is 1. The molecule has 0 saturated heterocycles. The lowest BCUT2D eigenvalue weighted by atomic mass is 10.3. The molecule has 3 N–H and O–H groups in total. The van der Waals surface area contributed by atoms with Crippen LogP contribution >= 0.6 is 0 Å². The summed E-state index contributed by atoms with van der Waals surface area (Å²) in [7, 11) is 0. The van der Waals surface area contributed by atoms with Gasteiger partial charge in [-0.05, 0) is 24.3 Å². The van der Waals surface area contributed by atoms with Crippen molar-refractivity contribution in [2.24, 2.45) is 5.73 Å². The monoisotopic (exact) mass is 258 g/mol. The Morgan fingerprint density at radius 2 is 1.95 bits per heavy atom. The van der Waals surface area contributed by atoms with Gasteiger partial charge in [0.25, 0.3) is 5.91 Å². The quantitative estimate of drug-likeness (QED) is 0.756. The normalized spacial score (nSPS) is 9.89. The van der Waals surface area contributed by atoms with Crippen molar-refractivity contribution < 1.29 is 9.53 Å². The highest BCUT2D eigenvalue weighted by molar-refractivity contribution is 5.90. The zero-order valence-electron chi connectivity index (χ0n) is 10.2. The molecule has 1 aromatic carbocycles. The summed E-state index contributed by atoms with van der Waals surface area (Å²) in [4.78, 5) is 10.8. The van der Waals surface area contributed by atoms with Crippen molar-refractivity contribution in [3.8, 4) is 5.75 Å². The maximum Gasteiger partial charge on any atom is 0.269 e. The maximum atomic E-state index is 10.8. The minimum absolute atomic E-state index is 0.145. The number of anilines is 1. The molecule has 0 fully saturated rings. The summed E-state index contributed by atoms with van der Waals surface area (Å²) >= 11 is 0. The molecule has 2 rings (SSSR count). The lowest BCUT2D eigenvalue weighted by molar-refractivity contribution is 0.0994. The van der Waals surface area contributed by atoms with Crippen LogP contribution in [-0.4, -0.2) is 29.3 Å². The van der Waals surface area contributed by atoms with E-state index in [1.165, 1.54) is 6.07 Å². The molecule has 0 aliphatic carbocycles. The lowest BCUT2D eigenvalue weighted by Gasteiger charge is -2.07. The smallest absolute Gasteiger partial charge is 0.269 e. The largest absolute Gasteiger partial charge is 0.492 e. The number of hydrogen-bond donors (Lipinski definition) is 2. The van der Waals surface area contributed by atoms with Crippen LogP contribution in [0.5, 0.6) is 5.75 Å². The topological polar surface area (TPSA) is 90.1 Å². The van der Waals surface area contributed by atoms with E-state index in [0.717, 1.165) is 5.75 Å². The van der Waals surface area contributed by atoms with E-state index in [9.17, 15) is 4.79 Å². The fraction of sp³-hybridized carbons (Fsp3) is 0.154. The van der Waals surface area contributed by atoms with Gasteiger partial charge in [0.1, 0.15) is 18.2 Å². The first-order valence-electron chi connectivity index (χ1n) is 5.81. The Kier molecular flexibility index (Phi) is 4.28. The zero-order valence-corrected chi connectivity index (χ0v) is 10.2. The zero-order chi connectivity index (χ0) is 13.5. The van der Waals surface area contributed by atoms with Crippen LogP contribution in [0, 0.1) is 0 Å². The number of nitrogens with zero attached hydrogens (tertiary/aromatic N) is 2. The van der Waals surface area contributed by atoms with Crippen molar-refractivity contribution in [2.45, 2.75) is 0 Å². The van der Waals surface area contributed by atoms with E-state index in [1.807, 2.05) is 30.3 Å². The standard InChI is InChI=1S/C13H14N4O2/c14-13(18)11-6-7-12(17-16-11)15-8-9-19-10-4-2-1-3-5-10/h1-7H,8-9H2,(H2,14,18)(H,15,17). The van der Waals surface area contributed by atoms with Crippen molar-refractivity contribution in [3.05, 3.63) is 48.2 Å². The summed E-state index contributed by atoms with van der Waals surface area (Å²) in [6, 6.07) is 12.7. The SMILES string of the molecule is NC(=O)c1ccc(NCCOc2ccccc2)nn1. The predicted octanol–water partition coefficient (Wildman–Crippen LogP) is 1.07. The maximum absolute atomic E-state index is 10.8. The summed E-state index contributed by atoms with van der Waals surface area (Å²) in [6.07, 6.45) is 0. The molecular weight excluding hydrogens is 244 g/mol. The molecule has 0 aliphatic heterocycles. The molecule has 6 heteroatoms. The second-order valence-electron chi connectivity index (χ2n) is 3.76. The van der Waals surface area contributed by atoms with Crippen LogP contribution in [0.4, 0.5) is 5.82 Å². The van der Waals surface area contributed by atoms with E-state index in [0.29, 0.717) is 19.0 Å². The molecule has 0 aliphatic rings. The lowest BCUT2D eigenvalue weighted by Crippen LogP contribution is -2.16. The Hall–Kier alpha value is -2.63. The van der Waals surface area contributed by atoms with Crippen LogP contribution in [-0.2, 0) is 0 Å². The molecule has 0 atom stereocenters. The third-order valence-electron chi connectivity index (χ3n) is 2.34. The number of primary amides is 1.